The number of esters is 1. The Balaban J connectivity index is 3.28. The van der Waals surface area contributed by atoms with Gasteiger partial charge in [-0.15, -0.1) is 0 Å². The highest BCUT2D eigenvalue weighted by Gasteiger charge is 2.09. The first-order valence-corrected chi connectivity index (χ1v) is 17.0. The van der Waals surface area contributed by atoms with Crippen molar-refractivity contribution in [2.45, 2.75) is 206 Å². The van der Waals surface area contributed by atoms with Crippen LogP contribution in [0.3, 0.4) is 0 Å². The zero-order valence-corrected chi connectivity index (χ0v) is 25.8. The minimum atomic E-state index is -0.668. The number of rotatable bonds is 31. The summed E-state index contributed by atoms with van der Waals surface area (Å²) in [4.78, 5) is 22.6. The SMILES string of the molecule is CCCCCCCCCCCCCCCC(=O)OC(C)CCCCCCCCCCCCCCCC(=O)O. The van der Waals surface area contributed by atoms with Crippen LogP contribution < -0.4 is 0 Å². The molecule has 0 fully saturated rings. The third kappa shape index (κ3) is 31.2. The molecule has 0 radical (unpaired) electrons. The molecule has 4 heteroatoms. The predicted molar refractivity (Wildman–Crippen MR) is 163 cm³/mol. The number of carboxylic acids is 1. The van der Waals surface area contributed by atoms with E-state index in [0.717, 1.165) is 38.5 Å². The van der Waals surface area contributed by atoms with Gasteiger partial charge in [-0.3, -0.25) is 9.59 Å². The van der Waals surface area contributed by atoms with Crippen molar-refractivity contribution < 1.29 is 19.4 Å². The van der Waals surface area contributed by atoms with Gasteiger partial charge in [0.25, 0.3) is 0 Å². The number of hydrogen-bond donors (Lipinski definition) is 1. The Hall–Kier alpha value is -1.06. The van der Waals surface area contributed by atoms with Gasteiger partial charge in [0, 0.05) is 12.8 Å². The Morgan fingerprint density at radius 3 is 1.18 bits per heavy atom. The van der Waals surface area contributed by atoms with E-state index >= 15 is 0 Å². The van der Waals surface area contributed by atoms with Gasteiger partial charge in [0.15, 0.2) is 0 Å². The molecule has 4 nitrogen and oxygen atoms in total. The second kappa shape index (κ2) is 30.5. The summed E-state index contributed by atoms with van der Waals surface area (Å²) in [5, 5.41) is 8.63. The Morgan fingerprint density at radius 1 is 0.500 bits per heavy atom. The van der Waals surface area contributed by atoms with Gasteiger partial charge < -0.3 is 9.84 Å². The summed E-state index contributed by atoms with van der Waals surface area (Å²) in [6.07, 6.45) is 35.2. The average Bonchev–Trinajstić information content (AvgIpc) is 2.88. The van der Waals surface area contributed by atoms with Gasteiger partial charge in [0.2, 0.25) is 0 Å². The molecule has 0 aromatic heterocycles. The molecule has 0 heterocycles. The van der Waals surface area contributed by atoms with E-state index in [2.05, 4.69) is 6.92 Å². The number of carbonyl (C=O) groups is 2. The molecule has 0 aliphatic rings. The van der Waals surface area contributed by atoms with Crippen LogP contribution in [0.2, 0.25) is 0 Å². The lowest BCUT2D eigenvalue weighted by atomic mass is 10.0. The fraction of sp³-hybridized carbons (Fsp3) is 0.941. The van der Waals surface area contributed by atoms with Crippen LogP contribution in [0.4, 0.5) is 0 Å². The van der Waals surface area contributed by atoms with E-state index in [9.17, 15) is 9.59 Å². The molecule has 0 saturated carbocycles. The summed E-state index contributed by atoms with van der Waals surface area (Å²) < 4.78 is 5.62. The van der Waals surface area contributed by atoms with Crippen molar-refractivity contribution in [2.75, 3.05) is 0 Å². The first-order valence-electron chi connectivity index (χ1n) is 17.0. The van der Waals surface area contributed by atoms with E-state index in [1.165, 1.54) is 135 Å². The first-order chi connectivity index (χ1) is 18.6. The van der Waals surface area contributed by atoms with E-state index < -0.39 is 5.97 Å². The van der Waals surface area contributed by atoms with Gasteiger partial charge in [-0.25, -0.2) is 0 Å². The number of aliphatic carboxylic acids is 1. The normalized spacial score (nSPS) is 12.1. The lowest BCUT2D eigenvalue weighted by Gasteiger charge is -2.13. The summed E-state index contributed by atoms with van der Waals surface area (Å²) in [6.45, 7) is 4.33. The molecule has 0 saturated heterocycles. The zero-order chi connectivity index (χ0) is 27.9. The molecule has 0 aliphatic carbocycles. The van der Waals surface area contributed by atoms with Crippen LogP contribution in [0, 0.1) is 0 Å². The molecule has 0 rings (SSSR count). The quantitative estimate of drug-likeness (QED) is 0.0704. The molecule has 1 atom stereocenters. The van der Waals surface area contributed by atoms with Crippen LogP contribution in [0.1, 0.15) is 200 Å². The third-order valence-corrected chi connectivity index (χ3v) is 7.82. The largest absolute Gasteiger partial charge is 0.481 e. The van der Waals surface area contributed by atoms with E-state index in [0.29, 0.717) is 12.8 Å². The fourth-order valence-corrected chi connectivity index (χ4v) is 5.28. The number of carboxylic acid groups (broad SMARTS) is 1. The van der Waals surface area contributed by atoms with E-state index in [-0.39, 0.29) is 12.1 Å². The minimum absolute atomic E-state index is 0.000772. The topological polar surface area (TPSA) is 63.6 Å². The molecule has 226 valence electrons. The Morgan fingerprint density at radius 2 is 0.816 bits per heavy atom. The lowest BCUT2D eigenvalue weighted by Crippen LogP contribution is -2.14. The maximum Gasteiger partial charge on any atom is 0.306 e. The molecular formula is C34H66O4. The summed E-state index contributed by atoms with van der Waals surface area (Å²) in [7, 11) is 0. The second-order valence-electron chi connectivity index (χ2n) is 11.8. The monoisotopic (exact) mass is 538 g/mol. The highest BCUT2D eigenvalue weighted by atomic mass is 16.5. The van der Waals surface area contributed by atoms with Gasteiger partial charge in [0.1, 0.15) is 0 Å². The van der Waals surface area contributed by atoms with Crippen LogP contribution >= 0.6 is 0 Å². The maximum atomic E-state index is 12.1. The van der Waals surface area contributed by atoms with Crippen molar-refractivity contribution in [2.24, 2.45) is 0 Å². The molecule has 0 bridgehead atoms. The number of carbonyl (C=O) groups excluding carboxylic acids is 1. The Bertz CT molecular complexity index is 505. The molecule has 1 N–H and O–H groups in total. The molecule has 38 heavy (non-hydrogen) atoms. The standard InChI is InChI=1S/C34H66O4/c1-3-4-5-6-7-8-9-11-16-19-22-25-28-31-34(37)38-32(2)29-26-23-20-17-14-12-10-13-15-18-21-24-27-30-33(35)36/h32H,3-31H2,1-2H3,(H,35,36). The van der Waals surface area contributed by atoms with Gasteiger partial charge in [-0.2, -0.15) is 0 Å². The van der Waals surface area contributed by atoms with Crippen LogP contribution in [0.15, 0.2) is 0 Å². The second-order valence-corrected chi connectivity index (χ2v) is 11.8. The lowest BCUT2D eigenvalue weighted by molar-refractivity contribution is -0.148. The molecular weight excluding hydrogens is 472 g/mol. The van der Waals surface area contributed by atoms with E-state index in [1.807, 2.05) is 6.92 Å². The summed E-state index contributed by atoms with van der Waals surface area (Å²) in [5.74, 6) is -0.667. The van der Waals surface area contributed by atoms with E-state index in [1.54, 1.807) is 0 Å². The molecule has 0 spiro atoms. The minimum Gasteiger partial charge on any atom is -0.481 e. The van der Waals surface area contributed by atoms with Crippen LogP contribution in [0.5, 0.6) is 0 Å². The highest BCUT2D eigenvalue weighted by Crippen LogP contribution is 2.16. The van der Waals surface area contributed by atoms with Crippen LogP contribution in [0.25, 0.3) is 0 Å². The molecule has 0 aromatic rings. The smallest absolute Gasteiger partial charge is 0.306 e. The number of ether oxygens (including phenoxy) is 1. The predicted octanol–water partition coefficient (Wildman–Crippen LogP) is 11.3. The Kier molecular flexibility index (Phi) is 29.6. The van der Waals surface area contributed by atoms with Crippen LogP contribution in [-0.2, 0) is 14.3 Å². The zero-order valence-electron chi connectivity index (χ0n) is 25.8. The van der Waals surface area contributed by atoms with Gasteiger partial charge >= 0.3 is 11.9 Å². The molecule has 0 aromatic carbocycles. The molecule has 0 aliphatic heterocycles. The number of hydrogen-bond acceptors (Lipinski definition) is 3. The first kappa shape index (κ1) is 36.9. The van der Waals surface area contributed by atoms with Gasteiger partial charge in [-0.1, -0.05) is 155 Å². The van der Waals surface area contributed by atoms with Crippen molar-refractivity contribution in [3.8, 4) is 0 Å². The third-order valence-electron chi connectivity index (χ3n) is 7.82. The van der Waals surface area contributed by atoms with Crippen LogP contribution in [-0.4, -0.2) is 23.1 Å². The summed E-state index contributed by atoms with van der Waals surface area (Å²) >= 11 is 0. The van der Waals surface area contributed by atoms with Crippen molar-refractivity contribution in [1.29, 1.82) is 0 Å². The number of unbranched alkanes of at least 4 members (excludes halogenated alkanes) is 24. The van der Waals surface area contributed by atoms with Gasteiger partial charge in [0.05, 0.1) is 6.10 Å². The maximum absolute atomic E-state index is 12.1. The molecule has 1 unspecified atom stereocenters. The fourth-order valence-electron chi connectivity index (χ4n) is 5.28. The van der Waals surface area contributed by atoms with Crippen molar-refractivity contribution in [1.82, 2.24) is 0 Å². The highest BCUT2D eigenvalue weighted by molar-refractivity contribution is 5.69. The van der Waals surface area contributed by atoms with Crippen molar-refractivity contribution in [3.05, 3.63) is 0 Å². The average molecular weight is 539 g/mol. The summed E-state index contributed by atoms with van der Waals surface area (Å²) in [5.41, 5.74) is 0. The van der Waals surface area contributed by atoms with Crippen molar-refractivity contribution >= 4 is 11.9 Å². The Labute approximate surface area is 237 Å². The molecule has 0 amide bonds. The van der Waals surface area contributed by atoms with Crippen molar-refractivity contribution in [3.63, 3.8) is 0 Å². The van der Waals surface area contributed by atoms with Gasteiger partial charge in [-0.05, 0) is 32.6 Å². The summed E-state index contributed by atoms with van der Waals surface area (Å²) in [6, 6.07) is 0. The van der Waals surface area contributed by atoms with E-state index in [4.69, 9.17) is 9.84 Å².